The van der Waals surface area contributed by atoms with Gasteiger partial charge in [0.05, 0.1) is 11.1 Å². The quantitative estimate of drug-likeness (QED) is 0.212. The standard InChI is InChI=1S/C42H27NO/c1-2-16-31(17-3-1)43(32-25-24-28-12-4-5-14-30(28)26-32)39-22-11-23-40-41(39)38-27-37(35-19-8-9-20-36(35)42(38)44-40)34-21-10-15-29-13-6-7-18-33(29)34/h1-27H. The zero-order chi connectivity index (χ0) is 29.0. The molecule has 0 saturated carbocycles. The summed E-state index contributed by atoms with van der Waals surface area (Å²) >= 11 is 0. The van der Waals surface area contributed by atoms with Crippen molar-refractivity contribution in [2.24, 2.45) is 0 Å². The van der Waals surface area contributed by atoms with Crippen LogP contribution in [0.5, 0.6) is 0 Å². The smallest absolute Gasteiger partial charge is 0.143 e. The number of nitrogens with zero attached hydrogens (tertiary/aromatic N) is 1. The van der Waals surface area contributed by atoms with Gasteiger partial charge in [-0.25, -0.2) is 0 Å². The molecule has 0 N–H and O–H groups in total. The third-order valence-electron chi connectivity index (χ3n) is 8.81. The molecule has 8 aromatic carbocycles. The van der Waals surface area contributed by atoms with Crippen LogP contribution in [0, 0.1) is 0 Å². The fourth-order valence-electron chi connectivity index (χ4n) is 6.82. The van der Waals surface area contributed by atoms with E-state index >= 15 is 0 Å². The normalized spacial score (nSPS) is 11.6. The van der Waals surface area contributed by atoms with Crippen LogP contribution in [0.25, 0.3) is 65.4 Å². The molecule has 0 unspecified atom stereocenters. The second kappa shape index (κ2) is 9.86. The molecule has 1 heterocycles. The predicted octanol–water partition coefficient (Wildman–Crippen LogP) is 12.2. The highest BCUT2D eigenvalue weighted by atomic mass is 16.3. The fourth-order valence-corrected chi connectivity index (χ4v) is 6.82. The maximum atomic E-state index is 6.75. The Hall–Kier alpha value is -5.86. The number of anilines is 3. The molecule has 0 aliphatic carbocycles. The van der Waals surface area contributed by atoms with Gasteiger partial charge in [-0.2, -0.15) is 0 Å². The molecule has 2 heteroatoms. The van der Waals surface area contributed by atoms with Crippen molar-refractivity contribution in [2.45, 2.75) is 0 Å². The summed E-state index contributed by atoms with van der Waals surface area (Å²) in [6.07, 6.45) is 0. The summed E-state index contributed by atoms with van der Waals surface area (Å²) in [5, 5.41) is 9.43. The van der Waals surface area contributed by atoms with Gasteiger partial charge in [-0.15, -0.1) is 0 Å². The minimum Gasteiger partial charge on any atom is -0.455 e. The lowest BCUT2D eigenvalue weighted by Crippen LogP contribution is -2.10. The van der Waals surface area contributed by atoms with Crippen molar-refractivity contribution in [2.75, 3.05) is 4.90 Å². The van der Waals surface area contributed by atoms with Crippen molar-refractivity contribution in [1.82, 2.24) is 0 Å². The average molecular weight is 562 g/mol. The summed E-state index contributed by atoms with van der Waals surface area (Å²) < 4.78 is 6.75. The monoisotopic (exact) mass is 561 g/mol. The number of hydrogen-bond acceptors (Lipinski definition) is 2. The fraction of sp³-hybridized carbons (Fsp3) is 0. The minimum atomic E-state index is 0.874. The number of para-hydroxylation sites is 1. The molecule has 0 fully saturated rings. The molecule has 0 spiro atoms. The number of rotatable bonds is 4. The molecular weight excluding hydrogens is 534 g/mol. The van der Waals surface area contributed by atoms with Crippen LogP contribution in [0.4, 0.5) is 17.1 Å². The van der Waals surface area contributed by atoms with Crippen LogP contribution < -0.4 is 4.90 Å². The number of benzene rings is 8. The Balaban J connectivity index is 1.38. The molecule has 0 amide bonds. The molecule has 0 aliphatic heterocycles. The Bertz CT molecular complexity index is 2500. The Morgan fingerprint density at radius 2 is 1.07 bits per heavy atom. The molecule has 1 aromatic heterocycles. The summed E-state index contributed by atoms with van der Waals surface area (Å²) in [4.78, 5) is 2.36. The summed E-state index contributed by atoms with van der Waals surface area (Å²) in [6.45, 7) is 0. The van der Waals surface area contributed by atoms with Gasteiger partial charge in [0.15, 0.2) is 0 Å². The first kappa shape index (κ1) is 24.7. The first-order valence-electron chi connectivity index (χ1n) is 15.0. The molecule has 9 rings (SSSR count). The Labute approximate surface area is 255 Å². The van der Waals surface area contributed by atoms with E-state index in [0.717, 1.165) is 44.4 Å². The van der Waals surface area contributed by atoms with Gasteiger partial charge < -0.3 is 9.32 Å². The van der Waals surface area contributed by atoms with Crippen LogP contribution in [-0.2, 0) is 0 Å². The summed E-state index contributed by atoms with van der Waals surface area (Å²) in [5.74, 6) is 0. The predicted molar refractivity (Wildman–Crippen MR) is 186 cm³/mol. The van der Waals surface area contributed by atoms with Gasteiger partial charge in [0.1, 0.15) is 11.2 Å². The number of fused-ring (bicyclic) bond motifs is 7. The van der Waals surface area contributed by atoms with Gasteiger partial charge >= 0.3 is 0 Å². The van der Waals surface area contributed by atoms with Crippen LogP contribution >= 0.6 is 0 Å². The second-order valence-electron chi connectivity index (χ2n) is 11.3. The molecule has 9 aromatic rings. The SMILES string of the molecule is c1ccc(N(c2ccc3ccccc3c2)c2cccc3oc4c5ccccc5c(-c5cccc6ccccc56)cc4c23)cc1. The molecule has 44 heavy (non-hydrogen) atoms. The van der Waals surface area contributed by atoms with Crippen molar-refractivity contribution >= 4 is 71.3 Å². The van der Waals surface area contributed by atoms with Crippen molar-refractivity contribution < 1.29 is 4.42 Å². The zero-order valence-electron chi connectivity index (χ0n) is 23.9. The lowest BCUT2D eigenvalue weighted by atomic mass is 9.92. The van der Waals surface area contributed by atoms with Gasteiger partial charge in [-0.3, -0.25) is 0 Å². The van der Waals surface area contributed by atoms with Gasteiger partial charge in [0.2, 0.25) is 0 Å². The molecular formula is C42H27NO. The average Bonchev–Trinajstić information content (AvgIpc) is 3.48. The molecule has 0 bridgehead atoms. The van der Waals surface area contributed by atoms with Crippen molar-refractivity contribution in [1.29, 1.82) is 0 Å². The Morgan fingerprint density at radius 1 is 0.386 bits per heavy atom. The Kier molecular flexibility index (Phi) is 5.54. The third-order valence-corrected chi connectivity index (χ3v) is 8.81. The maximum absolute atomic E-state index is 6.75. The highest BCUT2D eigenvalue weighted by Gasteiger charge is 2.22. The lowest BCUT2D eigenvalue weighted by Gasteiger charge is -2.26. The topological polar surface area (TPSA) is 16.4 Å². The third kappa shape index (κ3) is 3.82. The van der Waals surface area contributed by atoms with Crippen LogP contribution in [0.1, 0.15) is 0 Å². The molecule has 0 atom stereocenters. The van der Waals surface area contributed by atoms with E-state index in [2.05, 4.69) is 169 Å². The largest absolute Gasteiger partial charge is 0.455 e. The van der Waals surface area contributed by atoms with Crippen molar-refractivity contribution in [3.05, 3.63) is 164 Å². The number of furan rings is 1. The first-order chi connectivity index (χ1) is 21.8. The van der Waals surface area contributed by atoms with Crippen LogP contribution in [0.15, 0.2) is 168 Å². The summed E-state index contributed by atoms with van der Waals surface area (Å²) in [6, 6.07) is 58.5. The maximum Gasteiger partial charge on any atom is 0.143 e. The van der Waals surface area contributed by atoms with E-state index in [0.29, 0.717) is 0 Å². The highest BCUT2D eigenvalue weighted by Crippen LogP contribution is 2.47. The summed E-state index contributed by atoms with van der Waals surface area (Å²) in [5.41, 5.74) is 7.51. The minimum absolute atomic E-state index is 0.874. The van der Waals surface area contributed by atoms with E-state index in [1.54, 1.807) is 0 Å². The van der Waals surface area contributed by atoms with Crippen LogP contribution in [0.3, 0.4) is 0 Å². The van der Waals surface area contributed by atoms with Gasteiger partial charge in [0.25, 0.3) is 0 Å². The molecule has 0 radical (unpaired) electrons. The molecule has 0 saturated heterocycles. The van der Waals surface area contributed by atoms with Crippen molar-refractivity contribution in [3.63, 3.8) is 0 Å². The highest BCUT2D eigenvalue weighted by molar-refractivity contribution is 6.23. The van der Waals surface area contributed by atoms with Crippen LogP contribution in [0.2, 0.25) is 0 Å². The molecule has 0 aliphatic rings. The number of hydrogen-bond donors (Lipinski definition) is 0. The molecule has 206 valence electrons. The van der Waals surface area contributed by atoms with Gasteiger partial charge in [-0.05, 0) is 80.5 Å². The van der Waals surface area contributed by atoms with E-state index < -0.39 is 0 Å². The second-order valence-corrected chi connectivity index (χ2v) is 11.3. The van der Waals surface area contributed by atoms with E-state index in [-0.39, 0.29) is 0 Å². The van der Waals surface area contributed by atoms with E-state index in [9.17, 15) is 0 Å². The Morgan fingerprint density at radius 3 is 1.93 bits per heavy atom. The molecule has 2 nitrogen and oxygen atoms in total. The first-order valence-corrected chi connectivity index (χ1v) is 15.0. The summed E-state index contributed by atoms with van der Waals surface area (Å²) in [7, 11) is 0. The van der Waals surface area contributed by atoms with Crippen LogP contribution in [-0.4, -0.2) is 0 Å². The van der Waals surface area contributed by atoms with Gasteiger partial charge in [-0.1, -0.05) is 121 Å². The van der Waals surface area contributed by atoms with E-state index in [4.69, 9.17) is 4.42 Å². The van der Waals surface area contributed by atoms with E-state index in [1.807, 2.05) is 0 Å². The van der Waals surface area contributed by atoms with E-state index in [1.165, 1.54) is 38.1 Å². The van der Waals surface area contributed by atoms with Crippen molar-refractivity contribution in [3.8, 4) is 11.1 Å². The van der Waals surface area contributed by atoms with Gasteiger partial charge in [0, 0.05) is 22.1 Å². The lowest BCUT2D eigenvalue weighted by molar-refractivity contribution is 0.672. The zero-order valence-corrected chi connectivity index (χ0v) is 23.9.